The van der Waals surface area contributed by atoms with Crippen LogP contribution in [0.4, 0.5) is 0 Å². The molecule has 0 heterocycles. The van der Waals surface area contributed by atoms with Crippen molar-refractivity contribution in [1.82, 2.24) is 0 Å². The van der Waals surface area contributed by atoms with Crippen molar-refractivity contribution in [2.24, 2.45) is 0 Å². The molecule has 2 nitrogen and oxygen atoms in total. The van der Waals surface area contributed by atoms with Crippen molar-refractivity contribution in [2.75, 3.05) is 0 Å². The molecule has 0 aliphatic heterocycles. The molecule has 0 rings (SSSR count). The normalized spacial score (nSPS) is 3.00. The van der Waals surface area contributed by atoms with E-state index >= 15 is 0 Å². The zero-order valence-corrected chi connectivity index (χ0v) is 2.37. The molecule has 0 N–H and O–H groups in total. The molecule has 0 unspecified atom stereocenters. The summed E-state index contributed by atoms with van der Waals surface area (Å²) in [4.78, 5) is 0. The van der Waals surface area contributed by atoms with Crippen LogP contribution >= 0.6 is 0 Å². The summed E-state index contributed by atoms with van der Waals surface area (Å²) in [7, 11) is 0. The summed E-state index contributed by atoms with van der Waals surface area (Å²) in [5, 5.41) is 0. The topological polar surface area (TPSA) is 34.1 Å². The standard InChI is InChI=1S/Al.Mn.2O.3H. The number of rotatable bonds is 0. The molecule has 0 radical (unpaired) electrons. The summed E-state index contributed by atoms with van der Waals surface area (Å²) >= 11 is -1.44. The Hall–Kier alpha value is 0.652. The first-order valence-corrected chi connectivity index (χ1v) is 1.27. The third kappa shape index (κ3) is 17.0. The van der Waals surface area contributed by atoms with Crippen molar-refractivity contribution in [1.29, 1.82) is 0 Å². The van der Waals surface area contributed by atoms with Crippen molar-refractivity contribution < 1.29 is 22.5 Å². The second kappa shape index (κ2) is 9.41. The minimum absolute atomic E-state index is 0. The van der Waals surface area contributed by atoms with Gasteiger partial charge in [0.1, 0.15) is 0 Å². The summed E-state index contributed by atoms with van der Waals surface area (Å²) in [6, 6.07) is 0. The molecule has 0 atom stereocenters. The maximum atomic E-state index is 8.41. The second-order valence-corrected chi connectivity index (χ2v) is 0.260. The SMILES string of the molecule is [AlH3].[O]=[Mn]=[O]. The summed E-state index contributed by atoms with van der Waals surface area (Å²) in [5.41, 5.74) is 0. The van der Waals surface area contributed by atoms with Crippen LogP contribution in [0.2, 0.25) is 0 Å². The van der Waals surface area contributed by atoms with Gasteiger partial charge in [-0.2, -0.15) is 0 Å². The first-order chi connectivity index (χ1) is 1.41. The van der Waals surface area contributed by atoms with Gasteiger partial charge >= 0.3 is 22.5 Å². The summed E-state index contributed by atoms with van der Waals surface area (Å²) < 4.78 is 16.8. The zero-order valence-electron chi connectivity index (χ0n) is 1.19. The molecule has 0 aliphatic carbocycles. The average molecular weight is 117 g/mol. The first kappa shape index (κ1) is 8.82. The van der Waals surface area contributed by atoms with Gasteiger partial charge in [0.05, 0.1) is 0 Å². The van der Waals surface area contributed by atoms with Crippen LogP contribution in [0.3, 0.4) is 0 Å². The van der Waals surface area contributed by atoms with Gasteiger partial charge in [0.2, 0.25) is 0 Å². The predicted molar refractivity (Wildman–Crippen MR) is 11.3 cm³/mol. The molecule has 0 aromatic carbocycles. The van der Waals surface area contributed by atoms with Crippen LogP contribution in [-0.4, -0.2) is 17.4 Å². The van der Waals surface area contributed by atoms with Gasteiger partial charge in [-0.3, -0.25) is 0 Å². The van der Waals surface area contributed by atoms with Crippen LogP contribution in [0.1, 0.15) is 0 Å². The van der Waals surface area contributed by atoms with Gasteiger partial charge in [0.25, 0.3) is 0 Å². The van der Waals surface area contributed by atoms with E-state index in [4.69, 9.17) is 7.67 Å². The predicted octanol–water partition coefficient (Wildman–Crippen LogP) is -1.42. The van der Waals surface area contributed by atoms with Gasteiger partial charge in [-0.15, -0.1) is 0 Å². The van der Waals surface area contributed by atoms with Crippen LogP contribution in [-0.2, 0) is 22.5 Å². The van der Waals surface area contributed by atoms with E-state index in [9.17, 15) is 0 Å². The number of hydrogen-bond acceptors (Lipinski definition) is 2. The Morgan fingerprint density at radius 1 is 1.25 bits per heavy atom. The molecule has 4 heavy (non-hydrogen) atoms. The van der Waals surface area contributed by atoms with Crippen molar-refractivity contribution in [3.8, 4) is 0 Å². The molecule has 0 spiro atoms. The van der Waals surface area contributed by atoms with Crippen molar-refractivity contribution in [3.05, 3.63) is 0 Å². The van der Waals surface area contributed by atoms with E-state index in [1.54, 1.807) is 0 Å². The van der Waals surface area contributed by atoms with Gasteiger partial charge in [-0.1, -0.05) is 0 Å². The Morgan fingerprint density at radius 2 is 1.25 bits per heavy atom. The molecule has 0 bridgehead atoms. The average Bonchev–Trinajstić information content (AvgIpc) is 0.918. The van der Waals surface area contributed by atoms with Crippen molar-refractivity contribution >= 4 is 17.4 Å². The molecule has 0 aromatic heterocycles. The molecule has 0 amide bonds. The third-order valence-electron chi connectivity index (χ3n) is 0. The van der Waals surface area contributed by atoms with E-state index in [0.717, 1.165) is 0 Å². The van der Waals surface area contributed by atoms with Crippen LogP contribution in [0, 0.1) is 0 Å². The first-order valence-electron chi connectivity index (χ1n) is 0.309. The van der Waals surface area contributed by atoms with E-state index in [0.29, 0.717) is 0 Å². The third-order valence-corrected chi connectivity index (χ3v) is 0. The van der Waals surface area contributed by atoms with Crippen LogP contribution < -0.4 is 0 Å². The van der Waals surface area contributed by atoms with Gasteiger partial charge in [0.15, 0.2) is 17.4 Å². The Morgan fingerprint density at radius 3 is 1.25 bits per heavy atom. The summed E-state index contributed by atoms with van der Waals surface area (Å²) in [6.07, 6.45) is 0. The zero-order chi connectivity index (χ0) is 2.71. The minimum atomic E-state index is -1.44. The van der Waals surface area contributed by atoms with E-state index in [1.807, 2.05) is 0 Å². The van der Waals surface area contributed by atoms with Gasteiger partial charge < -0.3 is 0 Å². The van der Waals surface area contributed by atoms with Gasteiger partial charge in [-0.05, 0) is 0 Å². The fraction of sp³-hybridized carbons (Fsp3) is 0. The fourth-order valence-corrected chi connectivity index (χ4v) is 0. The quantitative estimate of drug-likeness (QED) is 0.365. The number of hydrogen-bond donors (Lipinski definition) is 0. The van der Waals surface area contributed by atoms with Crippen molar-refractivity contribution in [2.45, 2.75) is 0 Å². The summed E-state index contributed by atoms with van der Waals surface area (Å²) in [5.74, 6) is 0. The van der Waals surface area contributed by atoms with Gasteiger partial charge in [0, 0.05) is 0 Å². The fourth-order valence-electron chi connectivity index (χ4n) is 0. The Kier molecular flexibility index (Phi) is 20.8. The molecule has 0 aromatic rings. The molecule has 4 heteroatoms. The van der Waals surface area contributed by atoms with E-state index in [-0.39, 0.29) is 17.4 Å². The Balaban J connectivity index is 0. The molecular weight excluding hydrogens is 114 g/mol. The van der Waals surface area contributed by atoms with E-state index in [1.165, 1.54) is 0 Å². The van der Waals surface area contributed by atoms with Crippen LogP contribution in [0.5, 0.6) is 0 Å². The van der Waals surface area contributed by atoms with Gasteiger partial charge in [-0.25, -0.2) is 0 Å². The Labute approximate surface area is 40.3 Å². The molecule has 0 aliphatic rings. The summed E-state index contributed by atoms with van der Waals surface area (Å²) in [6.45, 7) is 0. The molecule has 0 fully saturated rings. The monoisotopic (exact) mass is 117 g/mol. The van der Waals surface area contributed by atoms with E-state index < -0.39 is 14.8 Å². The Bertz CT molecular complexity index is 27.0. The molecular formula is H3AlMnO2. The second-order valence-electron chi connectivity index (χ2n) is 0.0630. The molecule has 25 valence electrons. The van der Waals surface area contributed by atoms with Crippen molar-refractivity contribution in [3.63, 3.8) is 0 Å². The molecule has 0 saturated carbocycles. The van der Waals surface area contributed by atoms with E-state index in [2.05, 4.69) is 0 Å². The van der Waals surface area contributed by atoms with Crippen LogP contribution in [0.15, 0.2) is 0 Å². The van der Waals surface area contributed by atoms with Crippen LogP contribution in [0.25, 0.3) is 0 Å². The molecule has 0 saturated heterocycles. The maximum absolute atomic E-state index is 8.41.